The quantitative estimate of drug-likeness (QED) is 0.245. The zero-order valence-electron chi connectivity index (χ0n) is 19.3. The molecule has 0 bridgehead atoms. The van der Waals surface area contributed by atoms with Crippen molar-refractivity contribution >= 4 is 23.3 Å². The summed E-state index contributed by atoms with van der Waals surface area (Å²) in [5.74, 6) is -1.28. The molecule has 9 heteroatoms. The van der Waals surface area contributed by atoms with Gasteiger partial charge in [-0.25, -0.2) is 4.79 Å². The fourth-order valence-corrected chi connectivity index (χ4v) is 3.51. The van der Waals surface area contributed by atoms with Gasteiger partial charge in [-0.3, -0.25) is 14.9 Å². The van der Waals surface area contributed by atoms with Gasteiger partial charge in [-0.1, -0.05) is 60.7 Å². The maximum Gasteiger partial charge on any atom is 0.341 e. The van der Waals surface area contributed by atoms with E-state index in [-0.39, 0.29) is 30.1 Å². The average molecular weight is 478 g/mol. The fraction of sp³-hybridized carbons (Fsp3) is 0.231. The highest BCUT2D eigenvalue weighted by atomic mass is 16.6. The maximum atomic E-state index is 13.3. The van der Waals surface area contributed by atoms with E-state index in [0.29, 0.717) is 13.1 Å². The van der Waals surface area contributed by atoms with Gasteiger partial charge in [-0.2, -0.15) is 0 Å². The average Bonchev–Trinajstić information content (AvgIpc) is 2.87. The molecule has 1 atom stereocenters. The summed E-state index contributed by atoms with van der Waals surface area (Å²) in [6.07, 6.45) is -1.14. The van der Waals surface area contributed by atoms with E-state index in [2.05, 4.69) is 5.32 Å². The number of anilines is 1. The number of nitrogens with one attached hydrogen (secondary N) is 1. The minimum atomic E-state index is -1.14. The predicted molar refractivity (Wildman–Crippen MR) is 131 cm³/mol. The van der Waals surface area contributed by atoms with Gasteiger partial charge in [0.2, 0.25) is 0 Å². The third-order valence-electron chi connectivity index (χ3n) is 5.24. The van der Waals surface area contributed by atoms with E-state index in [1.165, 1.54) is 19.1 Å². The van der Waals surface area contributed by atoms with E-state index in [1.54, 1.807) is 4.90 Å². The van der Waals surface area contributed by atoms with Crippen LogP contribution in [0.4, 0.5) is 11.4 Å². The van der Waals surface area contributed by atoms with Crippen LogP contribution in [0.2, 0.25) is 0 Å². The molecule has 0 spiro atoms. The number of aliphatic hydroxyl groups excluding tert-OH is 1. The van der Waals surface area contributed by atoms with Crippen LogP contribution in [0, 0.1) is 10.1 Å². The standard InChI is InChI=1S/C26H27N3O6/c1-19(35-26(32)23-16-22(29(33)34)12-13-24(23)27-14-15-30)25(31)28(17-20-8-4-2-5-9-20)18-21-10-6-3-7-11-21/h2-13,16,19,27,30H,14-15,17-18H2,1H3. The number of hydrogen-bond donors (Lipinski definition) is 2. The molecule has 1 amide bonds. The van der Waals surface area contributed by atoms with Gasteiger partial charge in [0.1, 0.15) is 0 Å². The number of esters is 1. The van der Waals surface area contributed by atoms with Gasteiger partial charge in [-0.15, -0.1) is 0 Å². The van der Waals surface area contributed by atoms with Gasteiger partial charge >= 0.3 is 5.97 Å². The van der Waals surface area contributed by atoms with Crippen LogP contribution in [0.25, 0.3) is 0 Å². The van der Waals surface area contributed by atoms with E-state index < -0.39 is 22.9 Å². The van der Waals surface area contributed by atoms with Crippen LogP contribution < -0.4 is 5.32 Å². The Bertz CT molecular complexity index is 1110. The molecule has 0 aliphatic rings. The molecule has 0 heterocycles. The summed E-state index contributed by atoms with van der Waals surface area (Å²) in [6, 6.07) is 22.6. The highest BCUT2D eigenvalue weighted by Crippen LogP contribution is 2.24. The van der Waals surface area contributed by atoms with E-state index in [0.717, 1.165) is 17.2 Å². The zero-order valence-corrected chi connectivity index (χ0v) is 19.3. The number of hydrogen-bond acceptors (Lipinski definition) is 7. The molecule has 0 saturated heterocycles. The van der Waals surface area contributed by atoms with Crippen molar-refractivity contribution in [2.24, 2.45) is 0 Å². The van der Waals surface area contributed by atoms with Crippen LogP contribution in [0.3, 0.4) is 0 Å². The van der Waals surface area contributed by atoms with E-state index >= 15 is 0 Å². The van der Waals surface area contributed by atoms with Gasteiger partial charge in [0.15, 0.2) is 6.10 Å². The molecule has 3 aromatic rings. The van der Waals surface area contributed by atoms with E-state index in [4.69, 9.17) is 9.84 Å². The minimum Gasteiger partial charge on any atom is -0.449 e. The van der Waals surface area contributed by atoms with Gasteiger partial charge in [0.25, 0.3) is 11.6 Å². The van der Waals surface area contributed by atoms with Gasteiger partial charge in [0.05, 0.1) is 17.1 Å². The normalized spacial score (nSPS) is 11.4. The Morgan fingerprint density at radius 1 is 1.00 bits per heavy atom. The second-order valence-corrected chi connectivity index (χ2v) is 7.85. The highest BCUT2D eigenvalue weighted by Gasteiger charge is 2.27. The number of nitro benzene ring substituents is 1. The third kappa shape index (κ3) is 7.12. The molecule has 9 nitrogen and oxygen atoms in total. The number of carbonyl (C=O) groups is 2. The lowest BCUT2D eigenvalue weighted by molar-refractivity contribution is -0.384. The molecule has 0 aliphatic carbocycles. The van der Waals surface area contributed by atoms with Gasteiger partial charge in [0, 0.05) is 37.5 Å². The molecule has 2 N–H and O–H groups in total. The van der Waals surface area contributed by atoms with Gasteiger partial charge < -0.3 is 20.1 Å². The number of ether oxygens (including phenoxy) is 1. The summed E-state index contributed by atoms with van der Waals surface area (Å²) >= 11 is 0. The molecule has 182 valence electrons. The Balaban J connectivity index is 1.81. The minimum absolute atomic E-state index is 0.0926. The van der Waals surface area contributed by atoms with Gasteiger partial charge in [-0.05, 0) is 24.1 Å². The molecule has 0 fully saturated rings. The van der Waals surface area contributed by atoms with Crippen molar-refractivity contribution in [1.82, 2.24) is 4.90 Å². The summed E-state index contributed by atoms with van der Waals surface area (Å²) in [5.41, 5.74) is 1.72. The summed E-state index contributed by atoms with van der Waals surface area (Å²) in [5, 5.41) is 23.1. The Morgan fingerprint density at radius 3 is 2.09 bits per heavy atom. The number of carbonyl (C=O) groups excluding carboxylic acids is 2. The molecule has 1 unspecified atom stereocenters. The number of nitrogens with zero attached hydrogens (tertiary/aromatic N) is 2. The van der Waals surface area contributed by atoms with Crippen LogP contribution in [0.15, 0.2) is 78.9 Å². The zero-order chi connectivity index (χ0) is 25.2. The van der Waals surface area contributed by atoms with Crippen LogP contribution in [-0.2, 0) is 22.6 Å². The summed E-state index contributed by atoms with van der Waals surface area (Å²) in [7, 11) is 0. The lowest BCUT2D eigenvalue weighted by Crippen LogP contribution is -2.39. The summed E-state index contributed by atoms with van der Waals surface area (Å²) in [4.78, 5) is 38.5. The topological polar surface area (TPSA) is 122 Å². The van der Waals surface area contributed by atoms with Crippen molar-refractivity contribution < 1.29 is 24.4 Å². The van der Waals surface area contributed by atoms with Crippen molar-refractivity contribution in [2.45, 2.75) is 26.1 Å². The largest absolute Gasteiger partial charge is 0.449 e. The first-order chi connectivity index (χ1) is 16.9. The lowest BCUT2D eigenvalue weighted by atomic mass is 10.1. The SMILES string of the molecule is CC(OC(=O)c1cc([N+](=O)[O-])ccc1NCCO)C(=O)N(Cc1ccccc1)Cc1ccccc1. The van der Waals surface area contributed by atoms with Crippen molar-refractivity contribution in [2.75, 3.05) is 18.5 Å². The molecule has 0 aliphatic heterocycles. The van der Waals surface area contributed by atoms with E-state index in [9.17, 15) is 19.7 Å². The molecular formula is C26H27N3O6. The smallest absolute Gasteiger partial charge is 0.341 e. The number of amides is 1. The van der Waals surface area contributed by atoms with Crippen LogP contribution in [-0.4, -0.2) is 46.1 Å². The molecule has 35 heavy (non-hydrogen) atoms. The number of nitro groups is 1. The Labute approximate surface area is 203 Å². The molecule has 0 radical (unpaired) electrons. The molecule has 0 saturated carbocycles. The van der Waals surface area contributed by atoms with Crippen molar-refractivity contribution in [3.8, 4) is 0 Å². The van der Waals surface area contributed by atoms with Crippen molar-refractivity contribution in [1.29, 1.82) is 0 Å². The molecular weight excluding hydrogens is 450 g/mol. The maximum absolute atomic E-state index is 13.3. The monoisotopic (exact) mass is 477 g/mol. The number of rotatable bonds is 11. The molecule has 3 rings (SSSR count). The predicted octanol–water partition coefficient (Wildman–Crippen LogP) is 3.77. The summed E-state index contributed by atoms with van der Waals surface area (Å²) in [6.45, 7) is 2.04. The number of non-ortho nitro benzene ring substituents is 1. The second-order valence-electron chi connectivity index (χ2n) is 7.85. The van der Waals surface area contributed by atoms with Crippen LogP contribution >= 0.6 is 0 Å². The van der Waals surface area contributed by atoms with Crippen LogP contribution in [0.5, 0.6) is 0 Å². The molecule has 0 aromatic heterocycles. The number of aliphatic hydroxyl groups is 1. The first-order valence-corrected chi connectivity index (χ1v) is 11.1. The first kappa shape index (κ1) is 25.4. The Morgan fingerprint density at radius 2 is 1.57 bits per heavy atom. The first-order valence-electron chi connectivity index (χ1n) is 11.1. The Hall–Kier alpha value is -4.24. The molecule has 3 aromatic carbocycles. The lowest BCUT2D eigenvalue weighted by Gasteiger charge is -2.26. The van der Waals surface area contributed by atoms with Crippen LogP contribution in [0.1, 0.15) is 28.4 Å². The Kier molecular flexibility index (Phi) is 8.91. The third-order valence-corrected chi connectivity index (χ3v) is 5.24. The fourth-order valence-electron chi connectivity index (χ4n) is 3.51. The van der Waals surface area contributed by atoms with Crippen molar-refractivity contribution in [3.63, 3.8) is 0 Å². The van der Waals surface area contributed by atoms with E-state index in [1.807, 2.05) is 60.7 Å². The second kappa shape index (κ2) is 12.3. The van der Waals surface area contributed by atoms with Crippen molar-refractivity contribution in [3.05, 3.63) is 106 Å². The highest BCUT2D eigenvalue weighted by molar-refractivity contribution is 5.98. The summed E-state index contributed by atoms with van der Waals surface area (Å²) < 4.78 is 5.45. The number of benzene rings is 3.